The lowest BCUT2D eigenvalue weighted by atomic mass is 10.1. The van der Waals surface area contributed by atoms with Gasteiger partial charge in [0.25, 0.3) is 5.91 Å². The Hall–Kier alpha value is -1.34. The molecule has 2 aromatic rings. The van der Waals surface area contributed by atoms with E-state index >= 15 is 0 Å². The molecule has 3 rings (SSSR count). The van der Waals surface area contributed by atoms with Gasteiger partial charge < -0.3 is 10.2 Å². The van der Waals surface area contributed by atoms with Crippen LogP contribution in [-0.2, 0) is 0 Å². The van der Waals surface area contributed by atoms with Crippen molar-refractivity contribution in [3.8, 4) is 0 Å². The number of piperidine rings is 1. The lowest BCUT2D eigenvalue weighted by molar-refractivity contribution is 0.0953. The summed E-state index contributed by atoms with van der Waals surface area (Å²) in [6.45, 7) is 6.94. The van der Waals surface area contributed by atoms with Crippen LogP contribution in [-0.4, -0.2) is 41.8 Å². The van der Waals surface area contributed by atoms with E-state index < -0.39 is 0 Å². The summed E-state index contributed by atoms with van der Waals surface area (Å²) < 4.78 is 0. The summed E-state index contributed by atoms with van der Waals surface area (Å²) in [5.41, 5.74) is 0. The number of aromatic nitrogens is 2. The minimum absolute atomic E-state index is 0.0120. The number of carbonyl (C=O) groups excluding carboxylic acids is 1. The molecule has 5 nitrogen and oxygen atoms in total. The molecule has 1 amide bonds. The van der Waals surface area contributed by atoms with Crippen LogP contribution in [0, 0.1) is 5.92 Å². The number of nitrogens with zero attached hydrogens (tertiary/aromatic N) is 3. The normalized spacial score (nSPS) is 15.2. The van der Waals surface area contributed by atoms with Crippen molar-refractivity contribution in [2.45, 2.75) is 38.3 Å². The van der Waals surface area contributed by atoms with Crippen LogP contribution in [0.4, 0.5) is 5.82 Å². The third-order valence-electron chi connectivity index (χ3n) is 4.08. The number of carbonyl (C=O) groups is 1. The Morgan fingerprint density at radius 2 is 2.08 bits per heavy atom. The minimum Gasteiger partial charge on any atom is -0.356 e. The first-order valence-electron chi connectivity index (χ1n) is 8.47. The van der Waals surface area contributed by atoms with E-state index in [1.165, 1.54) is 30.6 Å². The van der Waals surface area contributed by atoms with Crippen LogP contribution in [0.15, 0.2) is 11.2 Å². The van der Waals surface area contributed by atoms with E-state index in [9.17, 15) is 4.79 Å². The highest BCUT2D eigenvalue weighted by Gasteiger charge is 2.20. The highest BCUT2D eigenvalue weighted by atomic mass is 32.2. The number of thiophene rings is 1. The number of hydrogen-bond donors (Lipinski definition) is 1. The molecule has 0 bridgehead atoms. The number of anilines is 1. The van der Waals surface area contributed by atoms with Crippen molar-refractivity contribution < 1.29 is 4.79 Å². The van der Waals surface area contributed by atoms with Crippen molar-refractivity contribution in [2.24, 2.45) is 5.92 Å². The lowest BCUT2D eigenvalue weighted by Crippen LogP contribution is -2.30. The van der Waals surface area contributed by atoms with E-state index in [2.05, 4.69) is 29.0 Å². The number of thioether (sulfide) groups is 1. The molecule has 7 heteroatoms. The third-order valence-corrected chi connectivity index (χ3v) is 5.66. The van der Waals surface area contributed by atoms with Gasteiger partial charge in [-0.2, -0.15) is 0 Å². The van der Waals surface area contributed by atoms with Crippen molar-refractivity contribution in [3.05, 3.63) is 10.9 Å². The molecule has 0 aliphatic carbocycles. The molecule has 0 aromatic carbocycles. The van der Waals surface area contributed by atoms with Crippen molar-refractivity contribution in [1.82, 2.24) is 15.3 Å². The highest BCUT2D eigenvalue weighted by Crippen LogP contribution is 2.33. The van der Waals surface area contributed by atoms with E-state index in [1.54, 1.807) is 11.8 Å². The topological polar surface area (TPSA) is 58.1 Å². The summed E-state index contributed by atoms with van der Waals surface area (Å²) >= 11 is 3.01. The Labute approximate surface area is 151 Å². The Morgan fingerprint density at radius 3 is 2.75 bits per heavy atom. The number of rotatable bonds is 5. The second-order valence-corrected chi connectivity index (χ2v) is 8.32. The van der Waals surface area contributed by atoms with Gasteiger partial charge in [0.05, 0.1) is 10.3 Å². The summed E-state index contributed by atoms with van der Waals surface area (Å²) in [5, 5.41) is 4.78. The Balaban J connectivity index is 1.96. The quantitative estimate of drug-likeness (QED) is 0.646. The fraction of sp³-hybridized carbons (Fsp3) is 0.588. The number of nitrogens with one attached hydrogen (secondary N) is 1. The fourth-order valence-electron chi connectivity index (χ4n) is 2.82. The van der Waals surface area contributed by atoms with Gasteiger partial charge in [0, 0.05) is 19.6 Å². The SMILES string of the molecule is CSc1nc(N2CCCCC2)c2cc(C(=O)NCC(C)C)sc2n1. The molecule has 1 saturated heterocycles. The van der Waals surface area contributed by atoms with Gasteiger partial charge in [-0.05, 0) is 37.5 Å². The van der Waals surface area contributed by atoms with Crippen LogP contribution in [0.25, 0.3) is 10.2 Å². The maximum atomic E-state index is 12.4. The number of amides is 1. The summed E-state index contributed by atoms with van der Waals surface area (Å²) in [5.74, 6) is 1.42. The Kier molecular flexibility index (Phi) is 5.61. The molecule has 1 aliphatic heterocycles. The molecule has 0 spiro atoms. The molecule has 1 fully saturated rings. The van der Waals surface area contributed by atoms with Crippen LogP contribution in [0.2, 0.25) is 0 Å². The Bertz CT molecular complexity index is 723. The summed E-state index contributed by atoms with van der Waals surface area (Å²) in [6.07, 6.45) is 5.68. The van der Waals surface area contributed by atoms with Crippen LogP contribution in [0.5, 0.6) is 0 Å². The molecule has 24 heavy (non-hydrogen) atoms. The van der Waals surface area contributed by atoms with Gasteiger partial charge in [-0.1, -0.05) is 25.6 Å². The van der Waals surface area contributed by atoms with Crippen LogP contribution in [0.1, 0.15) is 42.8 Å². The molecule has 0 saturated carbocycles. The van der Waals surface area contributed by atoms with Gasteiger partial charge in [0.2, 0.25) is 0 Å². The third kappa shape index (κ3) is 3.83. The maximum Gasteiger partial charge on any atom is 0.261 e. The molecular weight excluding hydrogens is 340 g/mol. The van der Waals surface area contributed by atoms with Gasteiger partial charge in [-0.3, -0.25) is 4.79 Å². The van der Waals surface area contributed by atoms with Gasteiger partial charge >= 0.3 is 0 Å². The predicted octanol–water partition coefficient (Wildman–Crippen LogP) is 3.79. The van der Waals surface area contributed by atoms with Crippen molar-refractivity contribution in [1.29, 1.82) is 0 Å². The Morgan fingerprint density at radius 1 is 1.33 bits per heavy atom. The van der Waals surface area contributed by atoms with Gasteiger partial charge in [0.1, 0.15) is 10.6 Å². The van der Waals surface area contributed by atoms with Crippen molar-refractivity contribution >= 4 is 45.0 Å². The van der Waals surface area contributed by atoms with E-state index in [1.807, 2.05) is 12.3 Å². The maximum absolute atomic E-state index is 12.4. The average Bonchev–Trinajstić information content (AvgIpc) is 3.03. The van der Waals surface area contributed by atoms with Gasteiger partial charge in [-0.15, -0.1) is 11.3 Å². The summed E-state index contributed by atoms with van der Waals surface area (Å²) in [7, 11) is 0. The first-order chi connectivity index (χ1) is 11.6. The van der Waals surface area contributed by atoms with E-state index in [0.717, 1.165) is 39.2 Å². The second kappa shape index (κ2) is 7.70. The smallest absolute Gasteiger partial charge is 0.261 e. The summed E-state index contributed by atoms with van der Waals surface area (Å²) in [6, 6.07) is 1.96. The van der Waals surface area contributed by atoms with Crippen LogP contribution < -0.4 is 10.2 Å². The van der Waals surface area contributed by atoms with E-state index in [0.29, 0.717) is 12.5 Å². The molecule has 0 atom stereocenters. The monoisotopic (exact) mass is 364 g/mol. The molecule has 1 aliphatic rings. The standard InChI is InChI=1S/C17H24N4OS2/c1-11(2)10-18-15(22)13-9-12-14(21-7-5-4-6-8-21)19-17(23-3)20-16(12)24-13/h9,11H,4-8,10H2,1-3H3,(H,18,22). The molecule has 1 N–H and O–H groups in total. The molecule has 0 radical (unpaired) electrons. The molecule has 2 aromatic heterocycles. The first kappa shape index (κ1) is 17.5. The number of hydrogen-bond acceptors (Lipinski definition) is 6. The molecule has 0 unspecified atom stereocenters. The highest BCUT2D eigenvalue weighted by molar-refractivity contribution is 7.98. The largest absolute Gasteiger partial charge is 0.356 e. The zero-order chi connectivity index (χ0) is 17.1. The first-order valence-corrected chi connectivity index (χ1v) is 10.5. The fourth-order valence-corrected chi connectivity index (χ4v) is 4.18. The minimum atomic E-state index is -0.0120. The van der Waals surface area contributed by atoms with E-state index in [4.69, 9.17) is 4.98 Å². The molecule has 130 valence electrons. The van der Waals surface area contributed by atoms with Gasteiger partial charge in [0.15, 0.2) is 5.16 Å². The molecule has 3 heterocycles. The second-order valence-electron chi connectivity index (χ2n) is 6.51. The van der Waals surface area contributed by atoms with E-state index in [-0.39, 0.29) is 5.91 Å². The van der Waals surface area contributed by atoms with Gasteiger partial charge in [-0.25, -0.2) is 9.97 Å². The zero-order valence-corrected chi connectivity index (χ0v) is 16.1. The number of fused-ring (bicyclic) bond motifs is 1. The predicted molar refractivity (Wildman–Crippen MR) is 102 cm³/mol. The average molecular weight is 365 g/mol. The van der Waals surface area contributed by atoms with Crippen molar-refractivity contribution in [3.63, 3.8) is 0 Å². The molecular formula is C17H24N4OS2. The lowest BCUT2D eigenvalue weighted by Gasteiger charge is -2.28. The zero-order valence-electron chi connectivity index (χ0n) is 14.5. The van der Waals surface area contributed by atoms with Crippen LogP contribution >= 0.6 is 23.1 Å². The van der Waals surface area contributed by atoms with Crippen LogP contribution in [0.3, 0.4) is 0 Å². The summed E-state index contributed by atoms with van der Waals surface area (Å²) in [4.78, 5) is 25.7. The van der Waals surface area contributed by atoms with Crippen molar-refractivity contribution in [2.75, 3.05) is 30.8 Å².